The Morgan fingerprint density at radius 2 is 2.24 bits per heavy atom. The van der Waals surface area contributed by atoms with E-state index in [1.54, 1.807) is 13.0 Å². The lowest BCUT2D eigenvalue weighted by molar-refractivity contribution is 0.0931. The maximum Gasteiger partial charge on any atom is 0.254 e. The predicted molar refractivity (Wildman–Crippen MR) is 64.2 cm³/mol. The topological polar surface area (TPSA) is 55.1 Å². The first-order valence-electron chi connectivity index (χ1n) is 5.86. The molecule has 0 heterocycles. The van der Waals surface area contributed by atoms with Crippen LogP contribution in [-0.4, -0.2) is 18.5 Å². The van der Waals surface area contributed by atoms with E-state index in [0.717, 1.165) is 18.4 Å². The van der Waals surface area contributed by atoms with Crippen LogP contribution in [0.25, 0.3) is 0 Å². The third-order valence-electron chi connectivity index (χ3n) is 3.19. The third kappa shape index (κ3) is 2.82. The average molecular weight is 236 g/mol. The van der Waals surface area contributed by atoms with Gasteiger partial charge in [-0.25, -0.2) is 4.39 Å². The monoisotopic (exact) mass is 236 g/mol. The first-order chi connectivity index (χ1) is 8.06. The van der Waals surface area contributed by atoms with Crippen LogP contribution in [0.5, 0.6) is 0 Å². The lowest BCUT2D eigenvalue weighted by Gasteiger charge is -2.32. The van der Waals surface area contributed by atoms with Gasteiger partial charge in [-0.1, -0.05) is 6.07 Å². The van der Waals surface area contributed by atoms with Gasteiger partial charge in [0.2, 0.25) is 0 Å². The number of rotatable bonds is 3. The van der Waals surface area contributed by atoms with Crippen molar-refractivity contribution >= 4 is 5.91 Å². The van der Waals surface area contributed by atoms with E-state index in [4.69, 9.17) is 5.73 Å². The minimum absolute atomic E-state index is 0.110. The van der Waals surface area contributed by atoms with Crippen molar-refractivity contribution < 1.29 is 9.18 Å². The van der Waals surface area contributed by atoms with Crippen molar-refractivity contribution in [1.29, 1.82) is 0 Å². The second-order valence-electron chi connectivity index (χ2n) is 4.79. The van der Waals surface area contributed by atoms with Gasteiger partial charge in [0.15, 0.2) is 0 Å². The molecule has 3 N–H and O–H groups in total. The van der Waals surface area contributed by atoms with E-state index >= 15 is 0 Å². The quantitative estimate of drug-likeness (QED) is 0.837. The van der Waals surface area contributed by atoms with E-state index in [0.29, 0.717) is 12.5 Å². The number of carbonyl (C=O) groups excluding carboxylic acids is 1. The van der Waals surface area contributed by atoms with Crippen LogP contribution in [-0.2, 0) is 0 Å². The van der Waals surface area contributed by atoms with Gasteiger partial charge in [-0.05, 0) is 43.4 Å². The smallest absolute Gasteiger partial charge is 0.254 e. The van der Waals surface area contributed by atoms with Gasteiger partial charge in [0.1, 0.15) is 5.82 Å². The molecule has 0 saturated heterocycles. The van der Waals surface area contributed by atoms with Crippen molar-refractivity contribution in [3.63, 3.8) is 0 Å². The van der Waals surface area contributed by atoms with E-state index in [1.165, 1.54) is 12.1 Å². The minimum Gasteiger partial charge on any atom is -0.352 e. The number of amides is 1. The highest BCUT2D eigenvalue weighted by atomic mass is 19.1. The molecule has 2 rings (SSSR count). The molecule has 1 fully saturated rings. The molecule has 0 bridgehead atoms. The summed E-state index contributed by atoms with van der Waals surface area (Å²) in [6, 6.07) is 4.89. The molecule has 1 aliphatic carbocycles. The van der Waals surface area contributed by atoms with Crippen molar-refractivity contribution in [2.75, 3.05) is 6.54 Å². The molecule has 1 amide bonds. The molecule has 0 aromatic heterocycles. The summed E-state index contributed by atoms with van der Waals surface area (Å²) in [7, 11) is 0. The molecule has 17 heavy (non-hydrogen) atoms. The zero-order chi connectivity index (χ0) is 12.4. The normalized spacial score (nSPS) is 23.0. The first kappa shape index (κ1) is 12.0. The number of hydrogen-bond acceptors (Lipinski definition) is 2. The van der Waals surface area contributed by atoms with Crippen LogP contribution in [0.2, 0.25) is 0 Å². The van der Waals surface area contributed by atoms with E-state index in [-0.39, 0.29) is 17.5 Å². The number of nitrogens with one attached hydrogen (secondary N) is 1. The summed E-state index contributed by atoms with van der Waals surface area (Å²) in [6.07, 6.45) is 1.88. The van der Waals surface area contributed by atoms with Crippen molar-refractivity contribution in [3.05, 3.63) is 35.1 Å². The molecule has 92 valence electrons. The van der Waals surface area contributed by atoms with E-state index in [2.05, 4.69) is 5.32 Å². The Morgan fingerprint density at radius 3 is 2.82 bits per heavy atom. The average Bonchev–Trinajstić information content (AvgIpc) is 2.22. The number of hydrogen-bond donors (Lipinski definition) is 2. The maximum atomic E-state index is 13.5. The number of aryl methyl sites for hydroxylation is 1. The van der Waals surface area contributed by atoms with Crippen molar-refractivity contribution in [2.45, 2.75) is 25.8 Å². The Hall–Kier alpha value is -1.42. The Balaban J connectivity index is 1.91. The van der Waals surface area contributed by atoms with Crippen molar-refractivity contribution in [3.8, 4) is 0 Å². The molecule has 1 aromatic carbocycles. The zero-order valence-electron chi connectivity index (χ0n) is 9.87. The fourth-order valence-electron chi connectivity index (χ4n) is 2.09. The molecule has 0 radical (unpaired) electrons. The lowest BCUT2D eigenvalue weighted by Crippen LogP contribution is -2.42. The van der Waals surface area contributed by atoms with E-state index in [9.17, 15) is 9.18 Å². The Kier molecular flexibility index (Phi) is 3.43. The molecular weight excluding hydrogens is 219 g/mol. The van der Waals surface area contributed by atoms with Crippen LogP contribution in [0.15, 0.2) is 18.2 Å². The fraction of sp³-hybridized carbons (Fsp3) is 0.462. The van der Waals surface area contributed by atoms with Gasteiger partial charge >= 0.3 is 0 Å². The molecule has 0 unspecified atom stereocenters. The number of benzene rings is 1. The summed E-state index contributed by atoms with van der Waals surface area (Å²) >= 11 is 0. The minimum atomic E-state index is -0.465. The summed E-state index contributed by atoms with van der Waals surface area (Å²) < 4.78 is 13.5. The highest BCUT2D eigenvalue weighted by molar-refractivity contribution is 5.94. The number of nitrogens with two attached hydrogens (primary N) is 1. The van der Waals surface area contributed by atoms with Crippen LogP contribution < -0.4 is 11.1 Å². The van der Waals surface area contributed by atoms with Gasteiger partial charge in [-0.15, -0.1) is 0 Å². The number of halogens is 1. The first-order valence-corrected chi connectivity index (χ1v) is 5.86. The van der Waals surface area contributed by atoms with Crippen LogP contribution in [0.4, 0.5) is 4.39 Å². The summed E-state index contributed by atoms with van der Waals surface area (Å²) in [5.41, 5.74) is 6.57. The molecule has 0 aliphatic heterocycles. The van der Waals surface area contributed by atoms with Gasteiger partial charge in [-0.2, -0.15) is 0 Å². The second kappa shape index (κ2) is 4.84. The lowest BCUT2D eigenvalue weighted by atomic mass is 9.81. The molecule has 0 spiro atoms. The Labute approximate surface area is 100 Å². The fourth-order valence-corrected chi connectivity index (χ4v) is 2.09. The van der Waals surface area contributed by atoms with E-state index in [1.807, 2.05) is 0 Å². The zero-order valence-corrected chi connectivity index (χ0v) is 9.87. The van der Waals surface area contributed by atoms with Gasteiger partial charge in [0, 0.05) is 12.6 Å². The SMILES string of the molecule is Cc1ccc(C(=O)NCC2CC(N)C2)c(F)c1. The van der Waals surface area contributed by atoms with Gasteiger partial charge in [0.05, 0.1) is 5.56 Å². The van der Waals surface area contributed by atoms with Crippen LogP contribution >= 0.6 is 0 Å². The van der Waals surface area contributed by atoms with Crippen molar-refractivity contribution in [2.24, 2.45) is 11.7 Å². The van der Waals surface area contributed by atoms with Crippen LogP contribution in [0.3, 0.4) is 0 Å². The van der Waals surface area contributed by atoms with E-state index < -0.39 is 5.82 Å². The summed E-state index contributed by atoms with van der Waals surface area (Å²) in [4.78, 5) is 11.7. The summed E-state index contributed by atoms with van der Waals surface area (Å²) in [5.74, 6) is -0.363. The number of carbonyl (C=O) groups is 1. The molecule has 3 nitrogen and oxygen atoms in total. The second-order valence-corrected chi connectivity index (χ2v) is 4.79. The summed E-state index contributed by atoms with van der Waals surface area (Å²) in [6.45, 7) is 2.38. The standard InChI is InChI=1S/C13H17FN2O/c1-8-2-3-11(12(14)4-8)13(17)16-7-9-5-10(15)6-9/h2-4,9-10H,5-7,15H2,1H3,(H,16,17). The Morgan fingerprint density at radius 1 is 1.53 bits per heavy atom. The van der Waals surface area contributed by atoms with Gasteiger partial charge in [0.25, 0.3) is 5.91 Å². The molecule has 1 aliphatic rings. The van der Waals surface area contributed by atoms with Crippen LogP contribution in [0.1, 0.15) is 28.8 Å². The molecule has 1 saturated carbocycles. The van der Waals surface area contributed by atoms with Crippen LogP contribution in [0, 0.1) is 18.7 Å². The molecule has 0 atom stereocenters. The molecule has 4 heteroatoms. The third-order valence-corrected chi connectivity index (χ3v) is 3.19. The highest BCUT2D eigenvalue weighted by Crippen LogP contribution is 2.24. The largest absolute Gasteiger partial charge is 0.352 e. The van der Waals surface area contributed by atoms with Gasteiger partial charge < -0.3 is 11.1 Å². The Bertz CT molecular complexity index is 427. The predicted octanol–water partition coefficient (Wildman–Crippen LogP) is 1.60. The van der Waals surface area contributed by atoms with Gasteiger partial charge in [-0.3, -0.25) is 4.79 Å². The highest BCUT2D eigenvalue weighted by Gasteiger charge is 2.26. The maximum absolute atomic E-state index is 13.5. The molecular formula is C13H17FN2O. The van der Waals surface area contributed by atoms with Crippen molar-refractivity contribution in [1.82, 2.24) is 5.32 Å². The molecule has 1 aromatic rings. The summed E-state index contributed by atoms with van der Waals surface area (Å²) in [5, 5.41) is 2.75.